The lowest BCUT2D eigenvalue weighted by Gasteiger charge is -2.15. The number of aryl methyl sites for hydroxylation is 1. The number of carbonyl (C=O) groups is 1. The van der Waals surface area contributed by atoms with Crippen LogP contribution in [0.5, 0.6) is 0 Å². The summed E-state index contributed by atoms with van der Waals surface area (Å²) in [4.78, 5) is 13.1. The Morgan fingerprint density at radius 3 is 2.48 bits per heavy atom. The number of rotatable bonds is 6. The molecule has 7 nitrogen and oxygen atoms in total. The van der Waals surface area contributed by atoms with Crippen molar-refractivity contribution in [1.29, 1.82) is 0 Å². The van der Waals surface area contributed by atoms with E-state index in [1.54, 1.807) is 42.1 Å². The van der Waals surface area contributed by atoms with Crippen LogP contribution in [0, 0.1) is 0 Å². The van der Waals surface area contributed by atoms with Crippen LogP contribution in [0.15, 0.2) is 36.5 Å². The minimum absolute atomic E-state index is 0.0364. The normalized spacial score (nSPS) is 11.7. The Morgan fingerprint density at radius 2 is 1.93 bits per heavy atom. The van der Waals surface area contributed by atoms with E-state index >= 15 is 0 Å². The standard InChI is InChI=1S/C17H16Cl2N3O4P/c1-22-8-4-5-13(22)16(23)15-14(11-7-6-10(18)9-12(11)19)17(21-20-15)27(24,25-2)26-3/h4-9H,1-3H3,(H,20,21). The molecule has 0 radical (unpaired) electrons. The molecule has 0 amide bonds. The first-order chi connectivity index (χ1) is 12.8. The van der Waals surface area contributed by atoms with Crippen LogP contribution in [0.25, 0.3) is 11.1 Å². The first kappa shape index (κ1) is 19.9. The van der Waals surface area contributed by atoms with Crippen molar-refractivity contribution >= 4 is 42.0 Å². The number of halogens is 2. The van der Waals surface area contributed by atoms with Crippen LogP contribution in [0.3, 0.4) is 0 Å². The quantitative estimate of drug-likeness (QED) is 0.473. The van der Waals surface area contributed by atoms with Gasteiger partial charge in [-0.25, -0.2) is 0 Å². The molecule has 27 heavy (non-hydrogen) atoms. The molecule has 3 aromatic rings. The lowest BCUT2D eigenvalue weighted by molar-refractivity contribution is 0.102. The van der Waals surface area contributed by atoms with Crippen LogP contribution >= 0.6 is 30.8 Å². The van der Waals surface area contributed by atoms with Gasteiger partial charge in [0.2, 0.25) is 5.78 Å². The van der Waals surface area contributed by atoms with Crippen LogP contribution < -0.4 is 5.44 Å². The van der Waals surface area contributed by atoms with Crippen molar-refractivity contribution in [3.05, 3.63) is 58.0 Å². The predicted molar refractivity (Wildman–Crippen MR) is 104 cm³/mol. The molecule has 0 unspecified atom stereocenters. The van der Waals surface area contributed by atoms with Crippen LogP contribution in [0.2, 0.25) is 10.0 Å². The van der Waals surface area contributed by atoms with Gasteiger partial charge in [-0.05, 0) is 24.3 Å². The van der Waals surface area contributed by atoms with E-state index in [4.69, 9.17) is 32.2 Å². The fraction of sp³-hybridized carbons (Fsp3) is 0.176. The van der Waals surface area contributed by atoms with Gasteiger partial charge in [0.25, 0.3) is 0 Å². The van der Waals surface area contributed by atoms with Gasteiger partial charge in [0.1, 0.15) is 5.69 Å². The Kier molecular flexibility index (Phi) is 5.60. The van der Waals surface area contributed by atoms with Crippen molar-refractivity contribution in [2.24, 2.45) is 7.05 Å². The molecule has 0 saturated carbocycles. The Bertz CT molecular complexity index is 1050. The van der Waals surface area contributed by atoms with Gasteiger partial charge in [-0.15, -0.1) is 0 Å². The monoisotopic (exact) mass is 427 g/mol. The van der Waals surface area contributed by atoms with E-state index in [0.717, 1.165) is 0 Å². The molecule has 0 aliphatic heterocycles. The average Bonchev–Trinajstić information content (AvgIpc) is 3.27. The van der Waals surface area contributed by atoms with Gasteiger partial charge in [0, 0.05) is 43.6 Å². The topological polar surface area (TPSA) is 86.2 Å². The third-order valence-corrected chi connectivity index (χ3v) is 6.47. The number of hydrogen-bond acceptors (Lipinski definition) is 5. The molecule has 10 heteroatoms. The summed E-state index contributed by atoms with van der Waals surface area (Å²) in [5, 5.41) is 7.43. The van der Waals surface area contributed by atoms with E-state index < -0.39 is 7.60 Å². The number of aromatic amines is 1. The van der Waals surface area contributed by atoms with Crippen molar-refractivity contribution in [3.63, 3.8) is 0 Å². The second-order valence-corrected chi connectivity index (χ2v) is 8.63. The number of H-pyrrole nitrogens is 1. The molecular formula is C17H16Cl2N3O4P. The lowest BCUT2D eigenvalue weighted by atomic mass is 10.0. The van der Waals surface area contributed by atoms with Crippen molar-refractivity contribution in [2.45, 2.75) is 0 Å². The molecule has 1 aromatic carbocycles. The summed E-state index contributed by atoms with van der Waals surface area (Å²) in [6.45, 7) is 0. The Labute approximate surface area is 165 Å². The second kappa shape index (κ2) is 7.62. The molecule has 0 aliphatic carbocycles. The van der Waals surface area contributed by atoms with E-state index in [9.17, 15) is 9.36 Å². The van der Waals surface area contributed by atoms with Crippen LogP contribution in [-0.2, 0) is 20.7 Å². The minimum Gasteiger partial charge on any atom is -0.348 e. The molecule has 3 rings (SSSR count). The largest absolute Gasteiger partial charge is 0.379 e. The van der Waals surface area contributed by atoms with E-state index in [1.165, 1.54) is 20.3 Å². The maximum atomic E-state index is 13.1. The smallest absolute Gasteiger partial charge is 0.348 e. The van der Waals surface area contributed by atoms with Gasteiger partial charge in [-0.2, -0.15) is 5.10 Å². The van der Waals surface area contributed by atoms with Crippen LogP contribution in [0.1, 0.15) is 16.2 Å². The number of ketones is 1. The van der Waals surface area contributed by atoms with Crippen molar-refractivity contribution < 1.29 is 18.4 Å². The first-order valence-electron chi connectivity index (χ1n) is 7.74. The first-order valence-corrected chi connectivity index (χ1v) is 10.0. The molecule has 0 atom stereocenters. The number of carbonyl (C=O) groups excluding carboxylic acids is 1. The number of nitrogens with one attached hydrogen (secondary N) is 1. The Hall–Kier alpha value is -1.89. The molecule has 0 aliphatic rings. The van der Waals surface area contributed by atoms with Gasteiger partial charge in [-0.3, -0.25) is 14.5 Å². The molecule has 0 spiro atoms. The number of hydrogen-bond donors (Lipinski definition) is 1. The predicted octanol–water partition coefficient (Wildman–Crippen LogP) is 4.06. The lowest BCUT2D eigenvalue weighted by Crippen LogP contribution is -2.14. The molecule has 2 heterocycles. The maximum Gasteiger partial charge on any atom is 0.379 e. The van der Waals surface area contributed by atoms with Gasteiger partial charge in [0.15, 0.2) is 5.44 Å². The number of nitrogens with zero attached hydrogens (tertiary/aromatic N) is 2. The molecule has 1 N–H and O–H groups in total. The Balaban J connectivity index is 2.30. The fourth-order valence-corrected chi connectivity index (χ4v) is 4.41. The van der Waals surface area contributed by atoms with E-state index in [-0.39, 0.29) is 27.5 Å². The zero-order chi connectivity index (χ0) is 19.8. The van der Waals surface area contributed by atoms with Crippen LogP contribution in [-0.4, -0.2) is 34.8 Å². The summed E-state index contributed by atoms with van der Waals surface area (Å²) in [6, 6.07) is 8.16. The zero-order valence-corrected chi connectivity index (χ0v) is 17.1. The molecule has 0 fully saturated rings. The van der Waals surface area contributed by atoms with Crippen molar-refractivity contribution in [3.8, 4) is 11.1 Å². The fourth-order valence-electron chi connectivity index (χ4n) is 2.72. The van der Waals surface area contributed by atoms with Crippen molar-refractivity contribution in [1.82, 2.24) is 14.8 Å². The minimum atomic E-state index is -3.74. The molecule has 0 saturated heterocycles. The van der Waals surface area contributed by atoms with E-state index in [1.807, 2.05) is 0 Å². The summed E-state index contributed by atoms with van der Waals surface area (Å²) >= 11 is 12.3. The van der Waals surface area contributed by atoms with Gasteiger partial charge in [-0.1, -0.05) is 29.3 Å². The second-order valence-electron chi connectivity index (χ2n) is 5.62. The summed E-state index contributed by atoms with van der Waals surface area (Å²) < 4.78 is 24.8. The summed E-state index contributed by atoms with van der Waals surface area (Å²) in [5.74, 6) is -0.371. The van der Waals surface area contributed by atoms with E-state index in [2.05, 4.69) is 10.2 Å². The molecule has 142 valence electrons. The highest BCUT2D eigenvalue weighted by Gasteiger charge is 2.35. The number of aromatic nitrogens is 3. The Morgan fingerprint density at radius 1 is 1.22 bits per heavy atom. The van der Waals surface area contributed by atoms with Gasteiger partial charge in [0.05, 0.1) is 10.7 Å². The highest BCUT2D eigenvalue weighted by molar-refractivity contribution is 7.62. The van der Waals surface area contributed by atoms with Gasteiger partial charge < -0.3 is 13.6 Å². The summed E-state index contributed by atoms with van der Waals surface area (Å²) in [7, 11) is 0.491. The summed E-state index contributed by atoms with van der Waals surface area (Å²) in [5.41, 5.74) is 1.16. The SMILES string of the molecule is COP(=O)(OC)c1[nH]nc(C(=O)c2cccn2C)c1-c1ccc(Cl)cc1Cl. The van der Waals surface area contributed by atoms with Crippen molar-refractivity contribution in [2.75, 3.05) is 14.2 Å². The molecular weight excluding hydrogens is 412 g/mol. The van der Waals surface area contributed by atoms with Crippen LogP contribution in [0.4, 0.5) is 0 Å². The average molecular weight is 428 g/mol. The summed E-state index contributed by atoms with van der Waals surface area (Å²) in [6.07, 6.45) is 1.74. The molecule has 2 aromatic heterocycles. The highest BCUT2D eigenvalue weighted by Crippen LogP contribution is 2.48. The highest BCUT2D eigenvalue weighted by atomic mass is 35.5. The van der Waals surface area contributed by atoms with Gasteiger partial charge >= 0.3 is 7.60 Å². The van der Waals surface area contributed by atoms with E-state index in [0.29, 0.717) is 16.3 Å². The third kappa shape index (κ3) is 3.49. The number of benzene rings is 1. The zero-order valence-electron chi connectivity index (χ0n) is 14.7. The molecule has 0 bridgehead atoms. The maximum absolute atomic E-state index is 13.1. The third-order valence-electron chi connectivity index (χ3n) is 4.09.